The minimum atomic E-state index is -4.55. The molecular weight excluding hydrogens is 435 g/mol. The van der Waals surface area contributed by atoms with E-state index in [0.29, 0.717) is 19.3 Å². The largest absolute Gasteiger partial charge is 0.433 e. The molecule has 2 fully saturated rings. The summed E-state index contributed by atoms with van der Waals surface area (Å²) in [5, 5.41) is 5.43. The number of hydrogen-bond acceptors (Lipinski definition) is 4. The molecule has 2 amide bonds. The summed E-state index contributed by atoms with van der Waals surface area (Å²) in [5.74, 6) is -0.0345. The summed E-state index contributed by atoms with van der Waals surface area (Å²) in [6.07, 6.45) is -1.97. The quantitative estimate of drug-likeness (QED) is 0.588. The van der Waals surface area contributed by atoms with Crippen LogP contribution in [0.15, 0.2) is 42.6 Å². The Morgan fingerprint density at radius 3 is 2.58 bits per heavy atom. The molecule has 33 heavy (non-hydrogen) atoms. The van der Waals surface area contributed by atoms with Gasteiger partial charge in [0.2, 0.25) is 11.8 Å². The number of carbonyl (C=O) groups is 2. The van der Waals surface area contributed by atoms with Gasteiger partial charge in [-0.05, 0) is 50.5 Å². The predicted molar refractivity (Wildman–Crippen MR) is 114 cm³/mol. The number of nitrogens with one attached hydrogen (secondary N) is 2. The first-order valence-electron chi connectivity index (χ1n) is 10.8. The number of para-hydroxylation sites is 2. The van der Waals surface area contributed by atoms with Gasteiger partial charge in [-0.3, -0.25) is 9.59 Å². The number of hydrogen-bond donors (Lipinski definition) is 2. The van der Waals surface area contributed by atoms with Crippen LogP contribution in [0, 0.1) is 5.92 Å². The topological polar surface area (TPSA) is 88.9 Å². The number of alkyl halides is 3. The highest BCUT2D eigenvalue weighted by molar-refractivity contribution is 6.03. The first-order valence-corrected chi connectivity index (χ1v) is 10.8. The second-order valence-electron chi connectivity index (χ2n) is 8.61. The summed E-state index contributed by atoms with van der Waals surface area (Å²) < 4.78 is 40.1. The van der Waals surface area contributed by atoms with Crippen molar-refractivity contribution in [3.05, 3.63) is 54.1 Å². The van der Waals surface area contributed by atoms with Crippen LogP contribution in [-0.4, -0.2) is 31.9 Å². The maximum absolute atomic E-state index is 12.9. The summed E-state index contributed by atoms with van der Waals surface area (Å²) in [5.41, 5.74) is 0.00723. The van der Waals surface area contributed by atoms with Crippen LogP contribution in [0.25, 0.3) is 11.0 Å². The minimum Gasteiger partial charge on any atom is -0.341 e. The Kier molecular flexibility index (Phi) is 4.91. The molecule has 2 saturated carbocycles. The number of nitrogens with zero attached hydrogens (tertiary/aromatic N) is 3. The third-order valence-electron chi connectivity index (χ3n) is 6.32. The van der Waals surface area contributed by atoms with E-state index in [-0.39, 0.29) is 23.4 Å². The molecule has 2 aliphatic carbocycles. The molecule has 172 valence electrons. The van der Waals surface area contributed by atoms with Gasteiger partial charge in [0.1, 0.15) is 17.1 Å². The van der Waals surface area contributed by atoms with Crippen LogP contribution in [0.3, 0.4) is 0 Å². The van der Waals surface area contributed by atoms with Crippen molar-refractivity contribution < 1.29 is 22.8 Å². The number of fused-ring (bicyclic) bond motifs is 1. The molecule has 0 unspecified atom stereocenters. The van der Waals surface area contributed by atoms with E-state index in [1.54, 1.807) is 0 Å². The van der Waals surface area contributed by atoms with Crippen molar-refractivity contribution in [2.45, 2.75) is 50.4 Å². The van der Waals surface area contributed by atoms with Crippen molar-refractivity contribution in [3.8, 4) is 0 Å². The maximum atomic E-state index is 12.9. The number of halogens is 3. The Hall–Kier alpha value is -3.43. The zero-order chi connectivity index (χ0) is 23.4. The van der Waals surface area contributed by atoms with Crippen molar-refractivity contribution in [2.75, 3.05) is 5.32 Å². The molecule has 0 bridgehead atoms. The van der Waals surface area contributed by atoms with Gasteiger partial charge < -0.3 is 15.2 Å². The summed E-state index contributed by atoms with van der Waals surface area (Å²) in [6, 6.07) is 9.80. The number of aryl methyl sites for hydroxylation is 1. The van der Waals surface area contributed by atoms with E-state index in [9.17, 15) is 22.8 Å². The first-order chi connectivity index (χ1) is 15.7. The van der Waals surface area contributed by atoms with Crippen molar-refractivity contribution in [3.63, 3.8) is 0 Å². The van der Waals surface area contributed by atoms with Crippen LogP contribution in [-0.2, 0) is 22.3 Å². The minimum absolute atomic E-state index is 0.00433. The van der Waals surface area contributed by atoms with Gasteiger partial charge in [0, 0.05) is 18.4 Å². The summed E-state index contributed by atoms with van der Waals surface area (Å²) in [6.45, 7) is 2.78. The van der Waals surface area contributed by atoms with E-state index in [1.807, 2.05) is 31.2 Å². The Morgan fingerprint density at radius 2 is 1.94 bits per heavy atom. The van der Waals surface area contributed by atoms with E-state index >= 15 is 0 Å². The number of benzene rings is 1. The second kappa shape index (κ2) is 7.57. The highest BCUT2D eigenvalue weighted by Gasteiger charge is 2.55. The summed E-state index contributed by atoms with van der Waals surface area (Å²) in [7, 11) is 0. The van der Waals surface area contributed by atoms with Crippen LogP contribution in [0.1, 0.15) is 43.6 Å². The number of amides is 2. The van der Waals surface area contributed by atoms with Gasteiger partial charge in [0.15, 0.2) is 0 Å². The molecule has 5 rings (SSSR count). The Labute approximate surface area is 187 Å². The standard InChI is InChI=1S/C23H22F3N5O2/c1-2-31-17-6-4-3-5-16(17)29-19(31)14-11-15(14)20(32)30-22(9-10-22)21(33)28-13-7-8-18(27-12-13)23(24,25)26/h3-8,12,14-15H,2,9-11H2,1H3,(H,28,33)(H,30,32)/t14-,15-/m0/s1. The van der Waals surface area contributed by atoms with Crippen LogP contribution < -0.4 is 10.6 Å². The van der Waals surface area contributed by atoms with Crippen LogP contribution in [0.4, 0.5) is 18.9 Å². The first kappa shape index (κ1) is 21.4. The Morgan fingerprint density at radius 1 is 1.18 bits per heavy atom. The fourth-order valence-electron chi connectivity index (χ4n) is 4.23. The number of imidazole rings is 1. The lowest BCUT2D eigenvalue weighted by atomic mass is 10.2. The van der Waals surface area contributed by atoms with Gasteiger partial charge in [0.25, 0.3) is 0 Å². The number of anilines is 1. The van der Waals surface area contributed by atoms with E-state index < -0.39 is 23.3 Å². The molecule has 10 heteroatoms. The molecule has 2 N–H and O–H groups in total. The molecule has 3 aromatic rings. The Balaban J connectivity index is 1.24. The van der Waals surface area contributed by atoms with Crippen molar-refractivity contribution in [2.24, 2.45) is 5.92 Å². The normalized spacial score (nSPS) is 21.0. The van der Waals surface area contributed by atoms with Gasteiger partial charge >= 0.3 is 6.18 Å². The summed E-state index contributed by atoms with van der Waals surface area (Å²) in [4.78, 5) is 33.7. The Bertz CT molecular complexity index is 1230. The molecule has 7 nitrogen and oxygen atoms in total. The van der Waals surface area contributed by atoms with Crippen molar-refractivity contribution in [1.29, 1.82) is 0 Å². The van der Waals surface area contributed by atoms with E-state index in [2.05, 4.69) is 20.2 Å². The lowest BCUT2D eigenvalue weighted by molar-refractivity contribution is -0.141. The lowest BCUT2D eigenvalue weighted by Crippen LogP contribution is -2.46. The maximum Gasteiger partial charge on any atom is 0.433 e. The van der Waals surface area contributed by atoms with Crippen molar-refractivity contribution in [1.82, 2.24) is 19.9 Å². The van der Waals surface area contributed by atoms with Gasteiger partial charge in [0.05, 0.1) is 22.9 Å². The number of carbonyl (C=O) groups excluding carboxylic acids is 2. The van der Waals surface area contributed by atoms with Gasteiger partial charge in [-0.1, -0.05) is 12.1 Å². The third kappa shape index (κ3) is 3.94. The SMILES string of the molecule is CCn1c([C@H]2C[C@@H]2C(=O)NC2(C(=O)Nc3ccc(C(F)(F)F)nc3)CC2)nc2ccccc21. The van der Waals surface area contributed by atoms with Gasteiger partial charge in [-0.2, -0.15) is 13.2 Å². The number of rotatable bonds is 6. The zero-order valence-electron chi connectivity index (χ0n) is 17.8. The third-order valence-corrected chi connectivity index (χ3v) is 6.32. The second-order valence-corrected chi connectivity index (χ2v) is 8.61. The van der Waals surface area contributed by atoms with Gasteiger partial charge in [-0.15, -0.1) is 0 Å². The highest BCUT2D eigenvalue weighted by atomic mass is 19.4. The van der Waals surface area contributed by atoms with E-state index in [1.165, 1.54) is 0 Å². The predicted octanol–water partition coefficient (Wildman–Crippen LogP) is 3.86. The molecular formula is C23H22F3N5O2. The molecule has 0 saturated heterocycles. The van der Waals surface area contributed by atoms with Crippen LogP contribution in [0.2, 0.25) is 0 Å². The molecule has 2 heterocycles. The smallest absolute Gasteiger partial charge is 0.341 e. The molecule has 2 atom stereocenters. The van der Waals surface area contributed by atoms with Crippen LogP contribution in [0.5, 0.6) is 0 Å². The van der Waals surface area contributed by atoms with Crippen molar-refractivity contribution >= 4 is 28.5 Å². The fraction of sp³-hybridized carbons (Fsp3) is 0.391. The van der Waals surface area contributed by atoms with Crippen LogP contribution >= 0.6 is 0 Å². The zero-order valence-corrected chi connectivity index (χ0v) is 17.8. The number of pyridine rings is 1. The molecule has 0 radical (unpaired) electrons. The monoisotopic (exact) mass is 457 g/mol. The highest BCUT2D eigenvalue weighted by Crippen LogP contribution is 2.49. The van der Waals surface area contributed by atoms with Gasteiger partial charge in [-0.25, -0.2) is 9.97 Å². The number of aromatic nitrogens is 3. The molecule has 2 aromatic heterocycles. The summed E-state index contributed by atoms with van der Waals surface area (Å²) >= 11 is 0. The lowest BCUT2D eigenvalue weighted by Gasteiger charge is -2.17. The van der Waals surface area contributed by atoms with E-state index in [0.717, 1.165) is 41.7 Å². The fourth-order valence-corrected chi connectivity index (χ4v) is 4.23. The molecule has 1 aromatic carbocycles. The van der Waals surface area contributed by atoms with E-state index in [4.69, 9.17) is 4.98 Å². The molecule has 2 aliphatic rings. The molecule has 0 spiro atoms. The molecule has 0 aliphatic heterocycles. The average molecular weight is 457 g/mol. The average Bonchev–Trinajstić information content (AvgIpc) is 3.70.